The van der Waals surface area contributed by atoms with E-state index in [-0.39, 0.29) is 5.92 Å². The smallest absolute Gasteiger partial charge is 0.309 e. The molecule has 2 atom stereocenters. The molecule has 0 aliphatic carbocycles. The van der Waals surface area contributed by atoms with E-state index < -0.39 is 11.4 Å². The zero-order chi connectivity index (χ0) is 13.2. The highest BCUT2D eigenvalue weighted by Gasteiger charge is 2.42. The highest BCUT2D eigenvalue weighted by Crippen LogP contribution is 2.36. The number of piperidine rings is 1. The van der Waals surface area contributed by atoms with Crippen LogP contribution in [0.3, 0.4) is 0 Å². The predicted octanol–water partition coefficient (Wildman–Crippen LogP) is 2.62. The minimum absolute atomic E-state index is 0.187. The average Bonchev–Trinajstić information content (AvgIpc) is 2.35. The van der Waals surface area contributed by atoms with Crippen molar-refractivity contribution in [1.82, 2.24) is 4.90 Å². The molecule has 2 unspecified atom stereocenters. The third-order valence-corrected chi connectivity index (χ3v) is 4.30. The van der Waals surface area contributed by atoms with E-state index in [2.05, 4.69) is 17.0 Å². The van der Waals surface area contributed by atoms with Crippen molar-refractivity contribution in [2.75, 3.05) is 13.1 Å². The number of hydrogen-bond donors (Lipinski definition) is 1. The van der Waals surface area contributed by atoms with Crippen molar-refractivity contribution in [3.63, 3.8) is 0 Å². The summed E-state index contributed by atoms with van der Waals surface area (Å²) >= 11 is 0. The number of carboxylic acids is 1. The molecule has 1 N–H and O–H groups in total. The standard InChI is InChI=1S/C15H21NO2/c1-12-10-16(9-8-15(12,2)14(17)18)11-13-6-4-3-5-7-13/h3-7,12H,8-11H2,1-2H3,(H,17,18). The van der Waals surface area contributed by atoms with Gasteiger partial charge in [-0.15, -0.1) is 0 Å². The van der Waals surface area contributed by atoms with Gasteiger partial charge in [0.05, 0.1) is 5.41 Å². The molecule has 0 spiro atoms. The van der Waals surface area contributed by atoms with Crippen molar-refractivity contribution >= 4 is 5.97 Å². The van der Waals surface area contributed by atoms with Gasteiger partial charge in [-0.2, -0.15) is 0 Å². The van der Waals surface area contributed by atoms with Crippen LogP contribution in [0.25, 0.3) is 0 Å². The molecular formula is C15H21NO2. The van der Waals surface area contributed by atoms with E-state index in [1.54, 1.807) is 0 Å². The fraction of sp³-hybridized carbons (Fsp3) is 0.533. The van der Waals surface area contributed by atoms with Crippen LogP contribution in [0.4, 0.5) is 0 Å². The Kier molecular flexibility index (Phi) is 3.71. The molecule has 1 fully saturated rings. The van der Waals surface area contributed by atoms with Crippen molar-refractivity contribution in [3.05, 3.63) is 35.9 Å². The summed E-state index contributed by atoms with van der Waals surface area (Å²) in [6, 6.07) is 10.4. The predicted molar refractivity (Wildman–Crippen MR) is 71.2 cm³/mol. The van der Waals surface area contributed by atoms with Crippen molar-refractivity contribution in [1.29, 1.82) is 0 Å². The Labute approximate surface area is 108 Å². The first-order valence-electron chi connectivity index (χ1n) is 6.52. The Hall–Kier alpha value is -1.35. The van der Waals surface area contributed by atoms with E-state index in [4.69, 9.17) is 0 Å². The van der Waals surface area contributed by atoms with Crippen LogP contribution in [0, 0.1) is 11.3 Å². The highest BCUT2D eigenvalue weighted by molar-refractivity contribution is 5.74. The summed E-state index contributed by atoms with van der Waals surface area (Å²) in [6.07, 6.45) is 0.732. The molecule has 1 heterocycles. The number of hydrogen-bond acceptors (Lipinski definition) is 2. The Bertz CT molecular complexity index is 418. The summed E-state index contributed by atoms with van der Waals surface area (Å²) in [5, 5.41) is 9.33. The topological polar surface area (TPSA) is 40.5 Å². The molecular weight excluding hydrogens is 226 g/mol. The molecule has 1 aliphatic rings. The van der Waals surface area contributed by atoms with Gasteiger partial charge in [0.1, 0.15) is 0 Å². The Morgan fingerprint density at radius 1 is 1.44 bits per heavy atom. The molecule has 1 aromatic carbocycles. The molecule has 1 saturated heterocycles. The Balaban J connectivity index is 1.99. The number of benzene rings is 1. The van der Waals surface area contributed by atoms with Crippen LogP contribution in [-0.4, -0.2) is 29.1 Å². The molecule has 3 nitrogen and oxygen atoms in total. The van der Waals surface area contributed by atoms with E-state index in [1.165, 1.54) is 5.56 Å². The number of carbonyl (C=O) groups is 1. The third-order valence-electron chi connectivity index (χ3n) is 4.30. The molecule has 2 rings (SSSR count). The number of nitrogens with zero attached hydrogens (tertiary/aromatic N) is 1. The summed E-state index contributed by atoms with van der Waals surface area (Å²) in [6.45, 7) is 6.56. The monoisotopic (exact) mass is 247 g/mol. The van der Waals surface area contributed by atoms with Gasteiger partial charge in [-0.1, -0.05) is 37.3 Å². The molecule has 0 bridgehead atoms. The molecule has 0 saturated carbocycles. The summed E-state index contributed by atoms with van der Waals surface area (Å²) < 4.78 is 0. The van der Waals surface area contributed by atoms with Crippen molar-refractivity contribution in [2.24, 2.45) is 11.3 Å². The Morgan fingerprint density at radius 2 is 2.11 bits per heavy atom. The molecule has 3 heteroatoms. The molecule has 98 valence electrons. The third kappa shape index (κ3) is 2.56. The SMILES string of the molecule is CC1CN(Cc2ccccc2)CCC1(C)C(=O)O. The van der Waals surface area contributed by atoms with Crippen LogP contribution in [-0.2, 0) is 11.3 Å². The second-order valence-electron chi connectivity index (χ2n) is 5.59. The van der Waals surface area contributed by atoms with Gasteiger partial charge >= 0.3 is 5.97 Å². The molecule has 1 aliphatic heterocycles. The number of aliphatic carboxylic acids is 1. The van der Waals surface area contributed by atoms with E-state index in [0.717, 1.165) is 26.1 Å². The number of carboxylic acid groups (broad SMARTS) is 1. The van der Waals surface area contributed by atoms with Crippen molar-refractivity contribution < 1.29 is 9.90 Å². The summed E-state index contributed by atoms with van der Waals surface area (Å²) in [4.78, 5) is 13.7. The first kappa shape index (κ1) is 13.1. The van der Waals surface area contributed by atoms with Gasteiger partial charge in [-0.25, -0.2) is 0 Å². The number of rotatable bonds is 3. The lowest BCUT2D eigenvalue weighted by Crippen LogP contribution is -2.48. The fourth-order valence-corrected chi connectivity index (χ4v) is 2.62. The largest absolute Gasteiger partial charge is 0.481 e. The fourth-order valence-electron chi connectivity index (χ4n) is 2.62. The van der Waals surface area contributed by atoms with Crippen LogP contribution < -0.4 is 0 Å². The Morgan fingerprint density at radius 3 is 2.67 bits per heavy atom. The van der Waals surface area contributed by atoms with Gasteiger partial charge in [0.25, 0.3) is 0 Å². The lowest BCUT2D eigenvalue weighted by molar-refractivity contribution is -0.154. The highest BCUT2D eigenvalue weighted by atomic mass is 16.4. The van der Waals surface area contributed by atoms with Crippen molar-refractivity contribution in [3.8, 4) is 0 Å². The van der Waals surface area contributed by atoms with Gasteiger partial charge in [-0.05, 0) is 31.4 Å². The van der Waals surface area contributed by atoms with E-state index >= 15 is 0 Å². The van der Waals surface area contributed by atoms with Gasteiger partial charge in [0, 0.05) is 13.1 Å². The summed E-state index contributed by atoms with van der Waals surface area (Å²) in [7, 11) is 0. The molecule has 0 aromatic heterocycles. The summed E-state index contributed by atoms with van der Waals surface area (Å²) in [5.74, 6) is -0.471. The van der Waals surface area contributed by atoms with Gasteiger partial charge in [0.15, 0.2) is 0 Å². The van der Waals surface area contributed by atoms with E-state index in [0.29, 0.717) is 0 Å². The maximum Gasteiger partial charge on any atom is 0.309 e. The first-order valence-corrected chi connectivity index (χ1v) is 6.52. The second-order valence-corrected chi connectivity index (χ2v) is 5.59. The van der Waals surface area contributed by atoms with Crippen molar-refractivity contribution in [2.45, 2.75) is 26.8 Å². The van der Waals surface area contributed by atoms with Gasteiger partial charge in [-0.3, -0.25) is 9.69 Å². The van der Waals surface area contributed by atoms with Gasteiger partial charge < -0.3 is 5.11 Å². The van der Waals surface area contributed by atoms with Gasteiger partial charge in [0.2, 0.25) is 0 Å². The lowest BCUT2D eigenvalue weighted by atomic mass is 9.72. The quantitative estimate of drug-likeness (QED) is 0.892. The van der Waals surface area contributed by atoms with E-state index in [1.807, 2.05) is 32.0 Å². The lowest BCUT2D eigenvalue weighted by Gasteiger charge is -2.41. The maximum atomic E-state index is 11.3. The zero-order valence-electron chi connectivity index (χ0n) is 11.1. The van der Waals surface area contributed by atoms with Crippen LogP contribution in [0.1, 0.15) is 25.8 Å². The molecule has 0 radical (unpaired) electrons. The molecule has 0 amide bonds. The minimum Gasteiger partial charge on any atom is -0.481 e. The minimum atomic E-state index is -0.658. The second kappa shape index (κ2) is 5.11. The first-order chi connectivity index (χ1) is 8.52. The van der Waals surface area contributed by atoms with Crippen LogP contribution in [0.2, 0.25) is 0 Å². The average molecular weight is 247 g/mol. The van der Waals surface area contributed by atoms with Crippen LogP contribution in [0.5, 0.6) is 0 Å². The molecule has 18 heavy (non-hydrogen) atoms. The molecule has 1 aromatic rings. The zero-order valence-corrected chi connectivity index (χ0v) is 11.1. The van der Waals surface area contributed by atoms with E-state index in [9.17, 15) is 9.90 Å². The van der Waals surface area contributed by atoms with Crippen LogP contribution >= 0.6 is 0 Å². The normalized spacial score (nSPS) is 29.1. The summed E-state index contributed by atoms with van der Waals surface area (Å²) in [5.41, 5.74) is 0.733. The van der Waals surface area contributed by atoms with Crippen LogP contribution in [0.15, 0.2) is 30.3 Å². The number of likely N-dealkylation sites (tertiary alicyclic amines) is 1. The maximum absolute atomic E-state index is 11.3.